The van der Waals surface area contributed by atoms with Crippen LogP contribution in [0.5, 0.6) is 0 Å². The molecule has 1 unspecified atom stereocenters. The summed E-state index contributed by atoms with van der Waals surface area (Å²) in [5.74, 6) is 0.625. The first-order valence-electron chi connectivity index (χ1n) is 6.24. The lowest BCUT2D eigenvalue weighted by Crippen LogP contribution is -2.30. The van der Waals surface area contributed by atoms with Crippen LogP contribution in [0.1, 0.15) is 38.1 Å². The number of hydrogen-bond acceptors (Lipinski definition) is 3. The highest BCUT2D eigenvalue weighted by Gasteiger charge is 2.08. The van der Waals surface area contributed by atoms with E-state index >= 15 is 0 Å². The maximum atomic E-state index is 11.5. The van der Waals surface area contributed by atoms with Crippen LogP contribution in [0.3, 0.4) is 0 Å². The van der Waals surface area contributed by atoms with Crippen LogP contribution < -0.4 is 10.6 Å². The summed E-state index contributed by atoms with van der Waals surface area (Å²) in [6.07, 6.45) is 0.531. The molecule has 0 bridgehead atoms. The number of carbonyl (C=O) groups is 1. The molecule has 18 heavy (non-hydrogen) atoms. The Morgan fingerprint density at radius 1 is 1.39 bits per heavy atom. The van der Waals surface area contributed by atoms with Gasteiger partial charge in [0, 0.05) is 30.4 Å². The molecule has 1 atom stereocenters. The van der Waals surface area contributed by atoms with Gasteiger partial charge in [0.05, 0.1) is 3.79 Å². The third kappa shape index (κ3) is 5.98. The quantitative estimate of drug-likeness (QED) is 0.804. The Morgan fingerprint density at radius 2 is 2.11 bits per heavy atom. The summed E-state index contributed by atoms with van der Waals surface area (Å²) in [6.45, 7) is 7.77. The lowest BCUT2D eigenvalue weighted by atomic mass is 10.2. The van der Waals surface area contributed by atoms with Gasteiger partial charge in [-0.2, -0.15) is 0 Å². The maximum Gasteiger partial charge on any atom is 0.221 e. The number of thiophene rings is 1. The second-order valence-electron chi connectivity index (χ2n) is 4.77. The van der Waals surface area contributed by atoms with Crippen molar-refractivity contribution >= 4 is 33.2 Å². The molecule has 1 rings (SSSR count). The van der Waals surface area contributed by atoms with Crippen LogP contribution in [0.15, 0.2) is 15.9 Å². The number of hydrogen-bond donors (Lipinski definition) is 2. The van der Waals surface area contributed by atoms with Gasteiger partial charge in [-0.1, -0.05) is 13.8 Å². The number of nitrogens with one attached hydrogen (secondary N) is 2. The van der Waals surface area contributed by atoms with Crippen molar-refractivity contribution in [1.29, 1.82) is 0 Å². The van der Waals surface area contributed by atoms with Crippen molar-refractivity contribution in [3.63, 3.8) is 0 Å². The summed E-state index contributed by atoms with van der Waals surface area (Å²) >= 11 is 5.17. The topological polar surface area (TPSA) is 41.1 Å². The minimum Gasteiger partial charge on any atom is -0.356 e. The van der Waals surface area contributed by atoms with E-state index in [0.717, 1.165) is 10.3 Å². The molecule has 3 nitrogen and oxygen atoms in total. The van der Waals surface area contributed by atoms with Crippen molar-refractivity contribution < 1.29 is 4.79 Å². The van der Waals surface area contributed by atoms with Crippen LogP contribution >= 0.6 is 27.3 Å². The van der Waals surface area contributed by atoms with Crippen molar-refractivity contribution in [2.24, 2.45) is 5.92 Å². The van der Waals surface area contributed by atoms with Gasteiger partial charge in [0.15, 0.2) is 0 Å². The maximum absolute atomic E-state index is 11.5. The van der Waals surface area contributed by atoms with Crippen LogP contribution in [-0.4, -0.2) is 19.0 Å². The lowest BCUT2D eigenvalue weighted by Gasteiger charge is -2.12. The van der Waals surface area contributed by atoms with E-state index in [1.54, 1.807) is 11.3 Å². The standard InChI is InChI=1S/C13H21BrN2OS/c1-9(2)8-16-13(17)6-7-15-10(3)11-4-5-12(14)18-11/h4-5,9-10,15H,6-8H2,1-3H3,(H,16,17). The van der Waals surface area contributed by atoms with Crippen molar-refractivity contribution in [3.8, 4) is 0 Å². The van der Waals surface area contributed by atoms with E-state index in [1.807, 2.05) is 6.07 Å². The Bertz CT molecular complexity index is 379. The van der Waals surface area contributed by atoms with E-state index in [0.29, 0.717) is 24.9 Å². The molecule has 102 valence electrons. The fourth-order valence-electron chi connectivity index (χ4n) is 1.47. The molecular weight excluding hydrogens is 312 g/mol. The highest BCUT2D eigenvalue weighted by Crippen LogP contribution is 2.26. The molecule has 0 aromatic carbocycles. The Hall–Kier alpha value is -0.390. The molecule has 0 saturated carbocycles. The Morgan fingerprint density at radius 3 is 2.67 bits per heavy atom. The van der Waals surface area contributed by atoms with Gasteiger partial charge in [0.25, 0.3) is 0 Å². The van der Waals surface area contributed by atoms with Crippen LogP contribution in [-0.2, 0) is 4.79 Å². The summed E-state index contributed by atoms with van der Waals surface area (Å²) < 4.78 is 1.14. The van der Waals surface area contributed by atoms with Crippen LogP contribution in [0.25, 0.3) is 0 Å². The van der Waals surface area contributed by atoms with Crippen molar-refractivity contribution in [3.05, 3.63) is 20.8 Å². The molecule has 0 aliphatic carbocycles. The molecule has 1 amide bonds. The summed E-state index contributed by atoms with van der Waals surface area (Å²) in [5, 5.41) is 6.28. The van der Waals surface area contributed by atoms with Gasteiger partial charge in [0.1, 0.15) is 0 Å². The van der Waals surface area contributed by atoms with Crippen LogP contribution in [0.4, 0.5) is 0 Å². The highest BCUT2D eigenvalue weighted by molar-refractivity contribution is 9.11. The summed E-state index contributed by atoms with van der Waals surface area (Å²) in [7, 11) is 0. The molecule has 0 radical (unpaired) electrons. The first kappa shape index (κ1) is 15.7. The zero-order chi connectivity index (χ0) is 13.5. The van der Waals surface area contributed by atoms with Gasteiger partial charge in [-0.05, 0) is 40.9 Å². The zero-order valence-corrected chi connectivity index (χ0v) is 13.5. The molecular formula is C13H21BrN2OS. The normalized spacial score (nSPS) is 12.7. The summed E-state index contributed by atoms with van der Waals surface area (Å²) in [4.78, 5) is 12.8. The summed E-state index contributed by atoms with van der Waals surface area (Å²) in [6, 6.07) is 4.44. The molecule has 0 aliphatic heterocycles. The minimum absolute atomic E-state index is 0.121. The van der Waals surface area contributed by atoms with E-state index < -0.39 is 0 Å². The minimum atomic E-state index is 0.121. The van der Waals surface area contributed by atoms with Gasteiger partial charge >= 0.3 is 0 Å². The first-order valence-corrected chi connectivity index (χ1v) is 7.85. The molecule has 1 heterocycles. The van der Waals surface area contributed by atoms with Gasteiger partial charge in [-0.25, -0.2) is 0 Å². The Balaban J connectivity index is 2.19. The van der Waals surface area contributed by atoms with Gasteiger partial charge < -0.3 is 10.6 Å². The van der Waals surface area contributed by atoms with Gasteiger partial charge in [-0.15, -0.1) is 11.3 Å². The van der Waals surface area contributed by atoms with Gasteiger partial charge in [-0.3, -0.25) is 4.79 Å². The average Bonchev–Trinajstić information content (AvgIpc) is 2.73. The van der Waals surface area contributed by atoms with E-state index in [9.17, 15) is 4.79 Å². The number of carbonyl (C=O) groups excluding carboxylic acids is 1. The van der Waals surface area contributed by atoms with Gasteiger partial charge in [0.2, 0.25) is 5.91 Å². The molecule has 0 saturated heterocycles. The molecule has 0 fully saturated rings. The Labute approximate surface area is 121 Å². The molecule has 1 aromatic heterocycles. The molecule has 0 spiro atoms. The highest BCUT2D eigenvalue weighted by atomic mass is 79.9. The van der Waals surface area contributed by atoms with E-state index in [4.69, 9.17) is 0 Å². The second kappa shape index (κ2) is 7.92. The number of halogens is 1. The van der Waals surface area contributed by atoms with Crippen molar-refractivity contribution in [2.75, 3.05) is 13.1 Å². The number of amides is 1. The van der Waals surface area contributed by atoms with Crippen LogP contribution in [0, 0.1) is 5.92 Å². The first-order chi connectivity index (χ1) is 8.49. The van der Waals surface area contributed by atoms with E-state index in [-0.39, 0.29) is 5.91 Å². The smallest absolute Gasteiger partial charge is 0.221 e. The predicted molar refractivity (Wildman–Crippen MR) is 80.9 cm³/mol. The Kier molecular flexibility index (Phi) is 6.89. The van der Waals surface area contributed by atoms with Crippen molar-refractivity contribution in [2.45, 2.75) is 33.2 Å². The molecule has 0 aliphatic rings. The fraction of sp³-hybridized carbons (Fsp3) is 0.615. The summed E-state index contributed by atoms with van der Waals surface area (Å²) in [5.41, 5.74) is 0. The molecule has 1 aromatic rings. The van der Waals surface area contributed by atoms with E-state index in [2.05, 4.69) is 53.4 Å². The van der Waals surface area contributed by atoms with Crippen molar-refractivity contribution in [1.82, 2.24) is 10.6 Å². The zero-order valence-electron chi connectivity index (χ0n) is 11.1. The van der Waals surface area contributed by atoms with E-state index in [1.165, 1.54) is 4.88 Å². The SMILES string of the molecule is CC(C)CNC(=O)CCNC(C)c1ccc(Br)s1. The molecule has 5 heteroatoms. The second-order valence-corrected chi connectivity index (χ2v) is 7.26. The third-order valence-corrected chi connectivity index (χ3v) is 4.34. The monoisotopic (exact) mass is 332 g/mol. The fourth-order valence-corrected chi connectivity index (χ4v) is 2.92. The third-order valence-electron chi connectivity index (χ3n) is 2.53. The van der Waals surface area contributed by atoms with Crippen LogP contribution in [0.2, 0.25) is 0 Å². The largest absolute Gasteiger partial charge is 0.356 e. The predicted octanol–water partition coefficient (Wildman–Crippen LogP) is 3.32. The average molecular weight is 333 g/mol. The molecule has 2 N–H and O–H groups in total. The lowest BCUT2D eigenvalue weighted by molar-refractivity contribution is -0.121. The number of rotatable bonds is 7.